The van der Waals surface area contributed by atoms with Gasteiger partial charge in [-0.25, -0.2) is 4.98 Å². The van der Waals surface area contributed by atoms with E-state index in [1.165, 1.54) is 22.0 Å². The van der Waals surface area contributed by atoms with Crippen molar-refractivity contribution in [3.05, 3.63) is 50.6 Å². The minimum Gasteiger partial charge on any atom is -0.324 e. The first-order chi connectivity index (χ1) is 13.2. The van der Waals surface area contributed by atoms with Crippen LogP contribution in [-0.4, -0.2) is 21.2 Å². The minimum atomic E-state index is -4.66. The molecule has 0 bridgehead atoms. The van der Waals surface area contributed by atoms with Crippen LogP contribution in [0.3, 0.4) is 0 Å². The van der Waals surface area contributed by atoms with Crippen LogP contribution in [0, 0.1) is 0 Å². The van der Waals surface area contributed by atoms with Gasteiger partial charge < -0.3 is 5.32 Å². The number of amides is 1. The molecule has 0 saturated heterocycles. The number of carbonyl (C=O) groups is 1. The van der Waals surface area contributed by atoms with Crippen molar-refractivity contribution in [3.8, 4) is 0 Å². The van der Waals surface area contributed by atoms with Crippen LogP contribution in [0.2, 0.25) is 5.02 Å². The van der Waals surface area contributed by atoms with Gasteiger partial charge in [0.15, 0.2) is 5.16 Å². The molecular weight excluding hydrogens is 435 g/mol. The number of nitrogens with one attached hydrogen (secondary N) is 1. The average Bonchev–Trinajstić information content (AvgIpc) is 3.09. The lowest BCUT2D eigenvalue weighted by molar-refractivity contribution is -0.137. The molecule has 5 nitrogen and oxygen atoms in total. The van der Waals surface area contributed by atoms with E-state index in [2.05, 4.69) is 10.3 Å². The zero-order valence-corrected chi connectivity index (χ0v) is 16.7. The topological polar surface area (TPSA) is 64.0 Å². The lowest BCUT2D eigenvalue weighted by atomic mass is 10.1. The van der Waals surface area contributed by atoms with Crippen molar-refractivity contribution in [1.82, 2.24) is 9.55 Å². The Bertz CT molecular complexity index is 1100. The van der Waals surface area contributed by atoms with Gasteiger partial charge >= 0.3 is 6.18 Å². The smallest absolute Gasteiger partial charge is 0.324 e. The monoisotopic (exact) mass is 447 g/mol. The van der Waals surface area contributed by atoms with Crippen LogP contribution < -0.4 is 10.9 Å². The molecule has 2 heterocycles. The molecule has 2 aromatic heterocycles. The lowest BCUT2D eigenvalue weighted by Crippen LogP contribution is -2.23. The number of halogens is 4. The molecule has 0 aliphatic rings. The highest BCUT2D eigenvalue weighted by molar-refractivity contribution is 7.99. The van der Waals surface area contributed by atoms with Crippen molar-refractivity contribution in [2.45, 2.75) is 24.8 Å². The largest absolute Gasteiger partial charge is 0.418 e. The van der Waals surface area contributed by atoms with Gasteiger partial charge in [0.05, 0.1) is 27.5 Å². The molecule has 0 saturated carbocycles. The molecule has 0 atom stereocenters. The van der Waals surface area contributed by atoms with E-state index in [-0.39, 0.29) is 16.3 Å². The summed E-state index contributed by atoms with van der Waals surface area (Å²) in [4.78, 5) is 29.1. The van der Waals surface area contributed by atoms with Crippen LogP contribution in [0.1, 0.15) is 12.5 Å². The normalized spacial score (nSPS) is 11.8. The zero-order chi connectivity index (χ0) is 20.5. The molecule has 1 amide bonds. The van der Waals surface area contributed by atoms with Crippen LogP contribution in [0.4, 0.5) is 18.9 Å². The summed E-state index contributed by atoms with van der Waals surface area (Å²) < 4.78 is 41.3. The summed E-state index contributed by atoms with van der Waals surface area (Å²) in [6.45, 7) is 2.12. The lowest BCUT2D eigenvalue weighted by Gasteiger charge is -2.15. The van der Waals surface area contributed by atoms with E-state index in [9.17, 15) is 22.8 Å². The summed E-state index contributed by atoms with van der Waals surface area (Å²) in [7, 11) is 0. The quantitative estimate of drug-likeness (QED) is 0.447. The van der Waals surface area contributed by atoms with E-state index >= 15 is 0 Å². The first kappa shape index (κ1) is 20.7. The van der Waals surface area contributed by atoms with Crippen molar-refractivity contribution in [3.63, 3.8) is 0 Å². The van der Waals surface area contributed by atoms with Crippen LogP contribution in [0.15, 0.2) is 39.6 Å². The SMILES string of the molecule is CCn1c(SCC(=O)Nc2c(Cl)cccc2C(F)(F)F)nc2ccsc2c1=O. The summed E-state index contributed by atoms with van der Waals surface area (Å²) in [5, 5.41) is 4.07. The van der Waals surface area contributed by atoms with Gasteiger partial charge in [-0.3, -0.25) is 14.2 Å². The molecule has 0 fully saturated rings. The van der Waals surface area contributed by atoms with Gasteiger partial charge in [-0.05, 0) is 30.5 Å². The highest BCUT2D eigenvalue weighted by Gasteiger charge is 2.34. The fourth-order valence-electron chi connectivity index (χ4n) is 2.51. The summed E-state index contributed by atoms with van der Waals surface area (Å²) >= 11 is 8.09. The maximum atomic E-state index is 13.1. The van der Waals surface area contributed by atoms with Gasteiger partial charge in [0.2, 0.25) is 5.91 Å². The Morgan fingerprint density at radius 1 is 1.36 bits per heavy atom. The van der Waals surface area contributed by atoms with Crippen molar-refractivity contribution in [2.75, 3.05) is 11.1 Å². The number of nitrogens with zero attached hydrogens (tertiary/aromatic N) is 2. The fourth-order valence-corrected chi connectivity index (χ4v) is 4.37. The molecule has 1 N–H and O–H groups in total. The number of fused-ring (bicyclic) bond motifs is 1. The predicted molar refractivity (Wildman–Crippen MR) is 105 cm³/mol. The van der Waals surface area contributed by atoms with Crippen molar-refractivity contribution >= 4 is 56.5 Å². The molecular formula is C17H13ClF3N3O2S2. The summed E-state index contributed by atoms with van der Waals surface area (Å²) in [5.74, 6) is -0.921. The van der Waals surface area contributed by atoms with Crippen LogP contribution in [0.5, 0.6) is 0 Å². The van der Waals surface area contributed by atoms with Gasteiger partial charge in [-0.2, -0.15) is 13.2 Å². The highest BCUT2D eigenvalue weighted by Crippen LogP contribution is 2.38. The Morgan fingerprint density at radius 3 is 2.79 bits per heavy atom. The first-order valence-corrected chi connectivity index (χ1v) is 10.2. The van der Waals surface area contributed by atoms with Crippen molar-refractivity contribution in [1.29, 1.82) is 0 Å². The molecule has 0 aliphatic carbocycles. The molecule has 0 spiro atoms. The number of aromatic nitrogens is 2. The Kier molecular flexibility index (Phi) is 6.01. The van der Waals surface area contributed by atoms with Gasteiger partial charge in [-0.1, -0.05) is 29.4 Å². The molecule has 1 aromatic carbocycles. The van der Waals surface area contributed by atoms with E-state index in [0.717, 1.165) is 23.9 Å². The second-order valence-corrected chi connectivity index (χ2v) is 7.84. The number of carbonyl (C=O) groups excluding carboxylic acids is 1. The zero-order valence-electron chi connectivity index (χ0n) is 14.3. The molecule has 3 rings (SSSR count). The van der Waals surface area contributed by atoms with Crippen molar-refractivity contribution in [2.24, 2.45) is 0 Å². The predicted octanol–water partition coefficient (Wildman–Crippen LogP) is 4.88. The summed E-state index contributed by atoms with van der Waals surface area (Å²) in [6, 6.07) is 4.97. The second kappa shape index (κ2) is 8.14. The molecule has 0 radical (unpaired) electrons. The fraction of sp³-hybridized carbons (Fsp3) is 0.235. The molecule has 3 aromatic rings. The third-order valence-corrected chi connectivity index (χ3v) is 5.95. The van der Waals surface area contributed by atoms with Crippen LogP contribution in [0.25, 0.3) is 10.2 Å². The third-order valence-electron chi connectivity index (χ3n) is 3.76. The first-order valence-electron chi connectivity index (χ1n) is 7.98. The Hall–Kier alpha value is -2.04. The van der Waals surface area contributed by atoms with Crippen molar-refractivity contribution < 1.29 is 18.0 Å². The molecule has 11 heteroatoms. The van der Waals surface area contributed by atoms with E-state index in [1.807, 2.05) is 0 Å². The number of alkyl halides is 3. The number of anilines is 1. The summed E-state index contributed by atoms with van der Waals surface area (Å²) in [5.41, 5.74) is -1.21. The van der Waals surface area contributed by atoms with Gasteiger partial charge in [0.25, 0.3) is 5.56 Å². The third kappa shape index (κ3) is 4.18. The maximum Gasteiger partial charge on any atom is 0.418 e. The number of benzene rings is 1. The van der Waals surface area contributed by atoms with Gasteiger partial charge in [0.1, 0.15) is 4.70 Å². The van der Waals surface area contributed by atoms with E-state index in [4.69, 9.17) is 11.6 Å². The number of hydrogen-bond donors (Lipinski definition) is 1. The van der Waals surface area contributed by atoms with E-state index < -0.39 is 23.3 Å². The Labute approximate surface area is 170 Å². The maximum absolute atomic E-state index is 13.1. The Morgan fingerprint density at radius 2 is 2.11 bits per heavy atom. The van der Waals surface area contributed by atoms with Gasteiger partial charge in [0, 0.05) is 6.54 Å². The van der Waals surface area contributed by atoms with Gasteiger partial charge in [-0.15, -0.1) is 11.3 Å². The minimum absolute atomic E-state index is 0.212. The molecule has 28 heavy (non-hydrogen) atoms. The molecule has 0 aliphatic heterocycles. The van der Waals surface area contributed by atoms with Crippen LogP contribution >= 0.6 is 34.7 Å². The number of para-hydroxylation sites is 1. The summed E-state index contributed by atoms with van der Waals surface area (Å²) in [6.07, 6.45) is -4.66. The Balaban J connectivity index is 1.81. The number of rotatable bonds is 5. The molecule has 148 valence electrons. The standard InChI is InChI=1S/C17H13ClF3N3O2S2/c1-2-24-15(26)14-11(6-7-27-14)22-16(24)28-8-12(25)23-13-9(17(19,20)21)4-3-5-10(13)18/h3-7H,2,8H2,1H3,(H,23,25). The van der Waals surface area contributed by atoms with E-state index in [0.29, 0.717) is 21.9 Å². The number of hydrogen-bond acceptors (Lipinski definition) is 5. The van der Waals surface area contributed by atoms with Crippen LogP contribution in [-0.2, 0) is 17.5 Å². The average molecular weight is 448 g/mol. The number of thioether (sulfide) groups is 1. The molecule has 0 unspecified atom stereocenters. The number of thiophene rings is 1. The second-order valence-electron chi connectivity index (χ2n) is 5.58. The highest BCUT2D eigenvalue weighted by atomic mass is 35.5. The van der Waals surface area contributed by atoms with E-state index in [1.54, 1.807) is 18.4 Å².